The summed E-state index contributed by atoms with van der Waals surface area (Å²) in [5.74, 6) is 0.265. The topological polar surface area (TPSA) is 62.8 Å². The number of halogens is 1. The zero-order valence-corrected chi connectivity index (χ0v) is 13.5. The molecule has 124 valence electrons. The van der Waals surface area contributed by atoms with Crippen LogP contribution in [0.2, 0.25) is 0 Å². The van der Waals surface area contributed by atoms with Gasteiger partial charge in [-0.3, -0.25) is 10.1 Å². The van der Waals surface area contributed by atoms with Gasteiger partial charge >= 0.3 is 0 Å². The van der Waals surface area contributed by atoms with Gasteiger partial charge in [-0.05, 0) is 30.3 Å². The Morgan fingerprint density at radius 1 is 1.08 bits per heavy atom. The third kappa shape index (κ3) is 2.89. The Bertz CT molecular complexity index is 1030. The van der Waals surface area contributed by atoms with Crippen LogP contribution in [-0.4, -0.2) is 22.2 Å². The van der Waals surface area contributed by atoms with E-state index in [1.54, 1.807) is 37.8 Å². The maximum Gasteiger partial charge on any atom is 0.167 e. The molecule has 5 nitrogen and oxygen atoms in total. The molecule has 0 fully saturated rings. The molecule has 2 heterocycles. The lowest BCUT2D eigenvalue weighted by molar-refractivity contribution is 0.444. The van der Waals surface area contributed by atoms with Gasteiger partial charge in [-0.1, -0.05) is 6.07 Å². The highest BCUT2D eigenvalue weighted by Gasteiger charge is 2.13. The minimum Gasteiger partial charge on any atom is -0.454 e. The lowest BCUT2D eigenvalue weighted by atomic mass is 10.0. The fourth-order valence-electron chi connectivity index (χ4n) is 2.66. The van der Waals surface area contributed by atoms with Gasteiger partial charge in [-0.15, -0.1) is 0 Å². The smallest absolute Gasteiger partial charge is 0.167 e. The molecule has 0 amide bonds. The number of hydrogen-bond donors (Lipinski definition) is 2. The molecule has 2 N–H and O–H groups in total. The van der Waals surface area contributed by atoms with E-state index in [0.29, 0.717) is 11.4 Å². The molecule has 0 spiro atoms. The summed E-state index contributed by atoms with van der Waals surface area (Å²) in [4.78, 5) is 4.15. The summed E-state index contributed by atoms with van der Waals surface area (Å²) in [6.45, 7) is 0. The van der Waals surface area contributed by atoms with Crippen LogP contribution in [0.3, 0.4) is 0 Å². The molecule has 0 aliphatic heterocycles. The van der Waals surface area contributed by atoms with Crippen LogP contribution in [0, 0.1) is 5.82 Å². The van der Waals surface area contributed by atoms with Crippen molar-refractivity contribution >= 4 is 16.6 Å². The maximum absolute atomic E-state index is 14.3. The average Bonchev–Trinajstić information content (AvgIpc) is 3.11. The second kappa shape index (κ2) is 6.24. The molecule has 0 aliphatic carbocycles. The monoisotopic (exact) mass is 334 g/mol. The summed E-state index contributed by atoms with van der Waals surface area (Å²) in [7, 11) is 1.74. The van der Waals surface area contributed by atoms with Gasteiger partial charge in [0.2, 0.25) is 0 Å². The Hall–Kier alpha value is -3.41. The molecular formula is C19H15FN4O. The van der Waals surface area contributed by atoms with E-state index in [4.69, 9.17) is 4.74 Å². The Morgan fingerprint density at radius 2 is 2.00 bits per heavy atom. The minimum absolute atomic E-state index is 0.159. The van der Waals surface area contributed by atoms with Gasteiger partial charge in [0, 0.05) is 47.7 Å². The number of anilines is 1. The van der Waals surface area contributed by atoms with Crippen LogP contribution in [0.4, 0.5) is 10.1 Å². The molecule has 0 unspecified atom stereocenters. The Morgan fingerprint density at radius 3 is 2.76 bits per heavy atom. The van der Waals surface area contributed by atoms with Crippen molar-refractivity contribution in [2.75, 3.05) is 12.4 Å². The summed E-state index contributed by atoms with van der Waals surface area (Å²) < 4.78 is 20.2. The number of H-pyrrole nitrogens is 1. The van der Waals surface area contributed by atoms with Crippen molar-refractivity contribution in [1.29, 1.82) is 0 Å². The van der Waals surface area contributed by atoms with Crippen LogP contribution >= 0.6 is 0 Å². The van der Waals surface area contributed by atoms with Crippen LogP contribution in [0.25, 0.3) is 22.0 Å². The highest BCUT2D eigenvalue weighted by Crippen LogP contribution is 2.37. The van der Waals surface area contributed by atoms with Crippen molar-refractivity contribution in [2.45, 2.75) is 0 Å². The number of pyridine rings is 1. The van der Waals surface area contributed by atoms with Gasteiger partial charge in [-0.25, -0.2) is 4.39 Å². The van der Waals surface area contributed by atoms with E-state index in [0.717, 1.165) is 22.0 Å². The normalized spacial score (nSPS) is 10.8. The number of ether oxygens (including phenoxy) is 1. The number of benzene rings is 2. The van der Waals surface area contributed by atoms with Crippen LogP contribution < -0.4 is 10.1 Å². The first-order valence-electron chi connectivity index (χ1n) is 7.77. The van der Waals surface area contributed by atoms with Crippen molar-refractivity contribution < 1.29 is 9.13 Å². The van der Waals surface area contributed by atoms with Crippen molar-refractivity contribution in [3.63, 3.8) is 0 Å². The molecule has 4 aromatic rings. The first-order chi connectivity index (χ1) is 12.2. The number of rotatable bonds is 4. The number of aromatic amines is 1. The fourth-order valence-corrected chi connectivity index (χ4v) is 2.66. The van der Waals surface area contributed by atoms with E-state index in [1.165, 1.54) is 6.07 Å². The predicted octanol–water partition coefficient (Wildman–Crippen LogP) is 4.60. The van der Waals surface area contributed by atoms with Gasteiger partial charge < -0.3 is 10.1 Å². The van der Waals surface area contributed by atoms with Gasteiger partial charge in [0.15, 0.2) is 11.6 Å². The first kappa shape index (κ1) is 15.1. The summed E-state index contributed by atoms with van der Waals surface area (Å²) in [6.07, 6.45) is 5.15. The van der Waals surface area contributed by atoms with Crippen molar-refractivity contribution in [3.05, 3.63) is 66.9 Å². The summed E-state index contributed by atoms with van der Waals surface area (Å²) in [5, 5.41) is 10.8. The Labute approximate surface area is 143 Å². The molecule has 6 heteroatoms. The highest BCUT2D eigenvalue weighted by atomic mass is 19.1. The van der Waals surface area contributed by atoms with Crippen molar-refractivity contribution in [1.82, 2.24) is 15.2 Å². The van der Waals surface area contributed by atoms with Gasteiger partial charge in [-0.2, -0.15) is 5.10 Å². The lowest BCUT2D eigenvalue weighted by Crippen LogP contribution is -1.94. The van der Waals surface area contributed by atoms with Gasteiger partial charge in [0.25, 0.3) is 0 Å². The van der Waals surface area contributed by atoms with E-state index in [2.05, 4.69) is 20.5 Å². The summed E-state index contributed by atoms with van der Waals surface area (Å²) in [5.41, 5.74) is 3.24. The van der Waals surface area contributed by atoms with Gasteiger partial charge in [0.05, 0.1) is 11.7 Å². The minimum atomic E-state index is -0.434. The summed E-state index contributed by atoms with van der Waals surface area (Å²) >= 11 is 0. The number of nitrogens with zero attached hydrogens (tertiary/aromatic N) is 2. The standard InChI is InChI=1S/C19H15FN4O/c1-21-14-4-5-18(16(20)8-14)25-19-7-13-11-23-24-17(13)9-15(19)12-3-2-6-22-10-12/h2-11,21H,1H3,(H,23,24). The second-order valence-electron chi connectivity index (χ2n) is 5.54. The number of nitrogens with one attached hydrogen (secondary N) is 2. The zero-order valence-electron chi connectivity index (χ0n) is 13.5. The first-order valence-corrected chi connectivity index (χ1v) is 7.77. The Balaban J connectivity index is 1.83. The molecule has 0 radical (unpaired) electrons. The van der Waals surface area contributed by atoms with Crippen LogP contribution in [0.1, 0.15) is 0 Å². The molecule has 0 atom stereocenters. The average molecular weight is 334 g/mol. The number of aromatic nitrogens is 3. The molecule has 2 aromatic carbocycles. The van der Waals surface area contributed by atoms with E-state index < -0.39 is 5.82 Å². The van der Waals surface area contributed by atoms with Crippen LogP contribution in [0.5, 0.6) is 11.5 Å². The highest BCUT2D eigenvalue weighted by molar-refractivity contribution is 5.87. The second-order valence-corrected chi connectivity index (χ2v) is 5.54. The zero-order chi connectivity index (χ0) is 17.2. The number of fused-ring (bicyclic) bond motifs is 1. The number of hydrogen-bond acceptors (Lipinski definition) is 4. The largest absolute Gasteiger partial charge is 0.454 e. The molecular weight excluding hydrogens is 319 g/mol. The SMILES string of the molecule is CNc1ccc(Oc2cc3cn[nH]c3cc2-c2cccnc2)c(F)c1. The van der Waals surface area contributed by atoms with E-state index >= 15 is 0 Å². The molecule has 4 rings (SSSR count). The van der Waals surface area contributed by atoms with Crippen molar-refractivity contribution in [2.24, 2.45) is 0 Å². The van der Waals surface area contributed by atoms with Crippen molar-refractivity contribution in [3.8, 4) is 22.6 Å². The van der Waals surface area contributed by atoms with E-state index in [9.17, 15) is 4.39 Å². The molecule has 0 bridgehead atoms. The summed E-state index contributed by atoms with van der Waals surface area (Å²) in [6, 6.07) is 12.3. The van der Waals surface area contributed by atoms with Crippen LogP contribution in [0.15, 0.2) is 61.1 Å². The van der Waals surface area contributed by atoms with Gasteiger partial charge in [0.1, 0.15) is 5.75 Å². The molecule has 2 aromatic heterocycles. The lowest BCUT2D eigenvalue weighted by Gasteiger charge is -2.13. The molecule has 0 saturated heterocycles. The molecule has 0 saturated carbocycles. The predicted molar refractivity (Wildman–Crippen MR) is 95.3 cm³/mol. The fraction of sp³-hybridized carbons (Fsp3) is 0.0526. The quantitative estimate of drug-likeness (QED) is 0.572. The van der Waals surface area contributed by atoms with Crippen LogP contribution in [-0.2, 0) is 0 Å². The third-order valence-corrected chi connectivity index (χ3v) is 3.95. The van der Waals surface area contributed by atoms with E-state index in [-0.39, 0.29) is 5.75 Å². The molecule has 0 aliphatic rings. The Kier molecular flexibility index (Phi) is 3.78. The third-order valence-electron chi connectivity index (χ3n) is 3.95. The van der Waals surface area contributed by atoms with E-state index in [1.807, 2.05) is 24.3 Å². The molecule has 25 heavy (non-hydrogen) atoms. The maximum atomic E-state index is 14.3.